The zero-order chi connectivity index (χ0) is 18.7. The lowest BCUT2D eigenvalue weighted by atomic mass is 9.99. The average Bonchev–Trinajstić information content (AvgIpc) is 2.62. The molecule has 2 fully saturated rings. The zero-order valence-corrected chi connectivity index (χ0v) is 16.4. The van der Waals surface area contributed by atoms with Crippen LogP contribution in [0.15, 0.2) is 29.2 Å². The number of nitrogens with zero attached hydrogens (tertiary/aromatic N) is 2. The van der Waals surface area contributed by atoms with Crippen molar-refractivity contribution in [2.75, 3.05) is 26.2 Å². The molecular formula is C19H29FN2O3S. The van der Waals surface area contributed by atoms with E-state index in [0.29, 0.717) is 18.7 Å². The molecule has 2 heterocycles. The van der Waals surface area contributed by atoms with E-state index < -0.39 is 16.2 Å². The van der Waals surface area contributed by atoms with Gasteiger partial charge in [-0.25, -0.2) is 12.8 Å². The molecule has 2 aliphatic rings. The number of likely N-dealkylation sites (tertiary alicyclic amines) is 1. The van der Waals surface area contributed by atoms with E-state index in [0.717, 1.165) is 25.9 Å². The Morgan fingerprint density at radius 1 is 1.08 bits per heavy atom. The van der Waals surface area contributed by atoms with Crippen molar-refractivity contribution in [3.05, 3.63) is 24.3 Å². The Morgan fingerprint density at radius 3 is 2.31 bits per heavy atom. The molecule has 0 spiro atoms. The van der Waals surface area contributed by atoms with E-state index >= 15 is 0 Å². The molecule has 26 heavy (non-hydrogen) atoms. The fourth-order valence-corrected chi connectivity index (χ4v) is 5.32. The van der Waals surface area contributed by atoms with Gasteiger partial charge in [0.05, 0.1) is 11.0 Å². The number of hydrogen-bond acceptors (Lipinski definition) is 4. The van der Waals surface area contributed by atoms with Crippen molar-refractivity contribution in [3.63, 3.8) is 0 Å². The summed E-state index contributed by atoms with van der Waals surface area (Å²) in [6, 6.07) is 6.23. The van der Waals surface area contributed by atoms with Gasteiger partial charge in [0.2, 0.25) is 10.0 Å². The van der Waals surface area contributed by atoms with E-state index in [4.69, 9.17) is 4.74 Å². The molecule has 0 aromatic heterocycles. The maximum absolute atomic E-state index is 14.8. The number of benzene rings is 1. The molecule has 0 amide bonds. The lowest BCUT2D eigenvalue weighted by molar-refractivity contribution is 0.0483. The highest BCUT2D eigenvalue weighted by Crippen LogP contribution is 2.27. The average molecular weight is 385 g/mol. The van der Waals surface area contributed by atoms with Gasteiger partial charge in [0.1, 0.15) is 11.9 Å². The van der Waals surface area contributed by atoms with Gasteiger partial charge in [-0.2, -0.15) is 4.31 Å². The number of sulfonamides is 1. The number of rotatable bonds is 5. The van der Waals surface area contributed by atoms with E-state index in [-0.39, 0.29) is 23.6 Å². The first-order chi connectivity index (χ1) is 12.4. The van der Waals surface area contributed by atoms with Crippen molar-refractivity contribution in [3.8, 4) is 5.75 Å². The Kier molecular flexibility index (Phi) is 6.20. The molecule has 0 aliphatic carbocycles. The summed E-state index contributed by atoms with van der Waals surface area (Å²) in [5.41, 5.74) is 0. The van der Waals surface area contributed by atoms with E-state index in [1.807, 2.05) is 13.8 Å². The Bertz CT molecular complexity index is 687. The number of halogens is 1. The maximum atomic E-state index is 14.8. The minimum Gasteiger partial charge on any atom is -0.491 e. The van der Waals surface area contributed by atoms with Crippen LogP contribution in [0.25, 0.3) is 0 Å². The zero-order valence-electron chi connectivity index (χ0n) is 15.6. The first-order valence-electron chi connectivity index (χ1n) is 9.53. The smallest absolute Gasteiger partial charge is 0.243 e. The van der Waals surface area contributed by atoms with Crippen molar-refractivity contribution >= 4 is 10.0 Å². The highest BCUT2D eigenvalue weighted by Gasteiger charge is 2.38. The number of piperidine rings is 2. The molecule has 1 aromatic rings. The molecule has 1 aromatic carbocycles. The van der Waals surface area contributed by atoms with Crippen LogP contribution < -0.4 is 4.74 Å². The summed E-state index contributed by atoms with van der Waals surface area (Å²) in [5, 5.41) is 0. The van der Waals surface area contributed by atoms with Crippen LogP contribution in [0.2, 0.25) is 0 Å². The third-order valence-electron chi connectivity index (χ3n) is 5.16. The minimum atomic E-state index is -3.68. The van der Waals surface area contributed by atoms with Gasteiger partial charge in [-0.15, -0.1) is 0 Å². The van der Waals surface area contributed by atoms with E-state index in [1.165, 1.54) is 22.9 Å². The summed E-state index contributed by atoms with van der Waals surface area (Å²) < 4.78 is 47.3. The van der Waals surface area contributed by atoms with Crippen LogP contribution in [0.1, 0.15) is 39.5 Å². The second kappa shape index (κ2) is 8.23. The fraction of sp³-hybridized carbons (Fsp3) is 0.684. The molecule has 0 saturated carbocycles. The molecule has 2 atom stereocenters. The molecular weight excluding hydrogens is 355 g/mol. The molecule has 0 N–H and O–H groups in total. The second-order valence-corrected chi connectivity index (χ2v) is 9.41. The third kappa shape index (κ3) is 4.38. The van der Waals surface area contributed by atoms with Gasteiger partial charge in [0.15, 0.2) is 0 Å². The van der Waals surface area contributed by atoms with E-state index in [9.17, 15) is 12.8 Å². The molecule has 2 aliphatic heterocycles. The molecule has 5 nitrogen and oxygen atoms in total. The fourth-order valence-electron chi connectivity index (χ4n) is 3.86. The molecule has 2 saturated heterocycles. The van der Waals surface area contributed by atoms with Crippen molar-refractivity contribution in [1.82, 2.24) is 9.21 Å². The Labute approximate surface area is 156 Å². The van der Waals surface area contributed by atoms with Gasteiger partial charge >= 0.3 is 0 Å². The molecule has 146 valence electrons. The normalized spacial score (nSPS) is 26.2. The first-order valence-corrected chi connectivity index (χ1v) is 11.0. The van der Waals surface area contributed by atoms with Crippen LogP contribution in [-0.4, -0.2) is 62.1 Å². The summed E-state index contributed by atoms with van der Waals surface area (Å²) in [6.45, 7) is 5.99. The minimum absolute atomic E-state index is 0.0265. The van der Waals surface area contributed by atoms with Crippen molar-refractivity contribution in [2.45, 2.75) is 62.7 Å². The van der Waals surface area contributed by atoms with E-state index in [1.54, 1.807) is 12.1 Å². The number of alkyl halides is 1. The highest BCUT2D eigenvalue weighted by molar-refractivity contribution is 7.89. The molecule has 0 bridgehead atoms. The SMILES string of the molecule is CC(C)Oc1ccc(S(=O)(=O)N2CC[C@@H](N3CCCCC3)[C@@H](F)C2)cc1. The first kappa shape index (κ1) is 19.6. The predicted octanol–water partition coefficient (Wildman–Crippen LogP) is 3.06. The summed E-state index contributed by atoms with van der Waals surface area (Å²) in [7, 11) is -3.68. The van der Waals surface area contributed by atoms with Crippen LogP contribution in [0, 0.1) is 0 Å². The molecule has 0 unspecified atom stereocenters. The monoisotopic (exact) mass is 384 g/mol. The lowest BCUT2D eigenvalue weighted by Gasteiger charge is -2.41. The Morgan fingerprint density at radius 2 is 1.73 bits per heavy atom. The Hall–Kier alpha value is -1.18. The molecule has 0 radical (unpaired) electrons. The van der Waals surface area contributed by atoms with Gasteiger partial charge < -0.3 is 4.74 Å². The van der Waals surface area contributed by atoms with Crippen LogP contribution in [-0.2, 0) is 10.0 Å². The Balaban J connectivity index is 1.66. The van der Waals surface area contributed by atoms with Crippen LogP contribution in [0.5, 0.6) is 5.75 Å². The van der Waals surface area contributed by atoms with Crippen LogP contribution in [0.4, 0.5) is 4.39 Å². The van der Waals surface area contributed by atoms with Gasteiger partial charge in [0.25, 0.3) is 0 Å². The van der Waals surface area contributed by atoms with Gasteiger partial charge in [-0.3, -0.25) is 4.90 Å². The van der Waals surface area contributed by atoms with Crippen molar-refractivity contribution in [1.29, 1.82) is 0 Å². The van der Waals surface area contributed by atoms with Gasteiger partial charge in [0, 0.05) is 19.1 Å². The molecule has 3 rings (SSSR count). The maximum Gasteiger partial charge on any atom is 0.243 e. The standard InChI is InChI=1S/C19H29FN2O3S/c1-15(2)25-16-6-8-17(9-7-16)26(23,24)22-13-10-19(18(20)14-22)21-11-4-3-5-12-21/h6-9,15,18-19H,3-5,10-14H2,1-2H3/t18-,19+/m0/s1. The summed E-state index contributed by atoms with van der Waals surface area (Å²) in [5.74, 6) is 0.631. The van der Waals surface area contributed by atoms with Crippen molar-refractivity contribution < 1.29 is 17.5 Å². The second-order valence-electron chi connectivity index (χ2n) is 7.47. The van der Waals surface area contributed by atoms with Crippen molar-refractivity contribution in [2.24, 2.45) is 0 Å². The van der Waals surface area contributed by atoms with Gasteiger partial charge in [-0.05, 0) is 70.5 Å². The topological polar surface area (TPSA) is 49.9 Å². The van der Waals surface area contributed by atoms with Crippen LogP contribution >= 0.6 is 0 Å². The molecule has 7 heteroatoms. The summed E-state index contributed by atoms with van der Waals surface area (Å²) in [4.78, 5) is 2.40. The third-order valence-corrected chi connectivity index (χ3v) is 7.04. The number of ether oxygens (including phenoxy) is 1. The van der Waals surface area contributed by atoms with Gasteiger partial charge in [-0.1, -0.05) is 6.42 Å². The lowest BCUT2D eigenvalue weighted by Crippen LogP contribution is -2.54. The largest absolute Gasteiger partial charge is 0.491 e. The highest BCUT2D eigenvalue weighted by atomic mass is 32.2. The number of hydrogen-bond donors (Lipinski definition) is 0. The predicted molar refractivity (Wildman–Crippen MR) is 99.7 cm³/mol. The van der Waals surface area contributed by atoms with Crippen LogP contribution in [0.3, 0.4) is 0 Å². The summed E-state index contributed by atoms with van der Waals surface area (Å²) >= 11 is 0. The quantitative estimate of drug-likeness (QED) is 0.783. The van der Waals surface area contributed by atoms with E-state index in [2.05, 4.69) is 4.90 Å². The summed E-state index contributed by atoms with van der Waals surface area (Å²) in [6.07, 6.45) is 2.86.